The van der Waals surface area contributed by atoms with Gasteiger partial charge in [-0.15, -0.1) is 11.3 Å². The van der Waals surface area contributed by atoms with Crippen molar-refractivity contribution < 1.29 is 26.3 Å². The summed E-state index contributed by atoms with van der Waals surface area (Å²) >= 11 is 0.919. The van der Waals surface area contributed by atoms with E-state index in [9.17, 15) is 26.4 Å². The van der Waals surface area contributed by atoms with Crippen LogP contribution < -0.4 is 5.56 Å². The molecular weight excluding hydrogens is 511 g/mol. The molecule has 0 radical (unpaired) electrons. The van der Waals surface area contributed by atoms with Crippen LogP contribution >= 0.6 is 11.3 Å². The summed E-state index contributed by atoms with van der Waals surface area (Å²) in [6.45, 7) is 0.0675. The van der Waals surface area contributed by atoms with Crippen LogP contribution in [-0.2, 0) is 26.9 Å². The van der Waals surface area contributed by atoms with Gasteiger partial charge in [0.2, 0.25) is 0 Å². The van der Waals surface area contributed by atoms with Crippen LogP contribution in [0.1, 0.15) is 34.8 Å². The van der Waals surface area contributed by atoms with E-state index in [-0.39, 0.29) is 28.2 Å². The molecule has 188 valence electrons. The molecule has 10 heteroatoms. The first-order valence-electron chi connectivity index (χ1n) is 11.3. The molecule has 1 saturated carbocycles. The third-order valence-corrected chi connectivity index (χ3v) is 9.87. The van der Waals surface area contributed by atoms with Crippen LogP contribution in [0.3, 0.4) is 0 Å². The van der Waals surface area contributed by atoms with Crippen LogP contribution in [0.2, 0.25) is 0 Å². The maximum Gasteiger partial charge on any atom is 0.274 e. The van der Waals surface area contributed by atoms with Crippen molar-refractivity contribution in [1.82, 2.24) is 4.98 Å². The van der Waals surface area contributed by atoms with Gasteiger partial charge in [0.1, 0.15) is 16.1 Å². The molecule has 0 bridgehead atoms. The number of nitrogens with one attached hydrogen (secondary N) is 1. The van der Waals surface area contributed by atoms with Crippen molar-refractivity contribution in [2.45, 2.75) is 47.4 Å². The van der Waals surface area contributed by atoms with Gasteiger partial charge in [-0.2, -0.15) is 0 Å². The normalized spacial score (nSPS) is 19.6. The first-order chi connectivity index (χ1) is 17.1. The highest BCUT2D eigenvalue weighted by molar-refractivity contribution is 7.92. The number of benzene rings is 2. The van der Waals surface area contributed by atoms with E-state index in [4.69, 9.17) is 4.74 Å². The third kappa shape index (κ3) is 4.98. The Labute approximate surface area is 209 Å². The van der Waals surface area contributed by atoms with E-state index >= 15 is 0 Å². The number of rotatable bonds is 7. The second-order valence-corrected chi connectivity index (χ2v) is 12.3. The van der Waals surface area contributed by atoms with E-state index in [1.165, 1.54) is 24.4 Å². The predicted molar refractivity (Wildman–Crippen MR) is 132 cm³/mol. The molecular formula is C26H22F3NO4S2. The van der Waals surface area contributed by atoms with E-state index in [0.717, 1.165) is 23.0 Å². The second-order valence-electron chi connectivity index (χ2n) is 8.94. The Morgan fingerprint density at radius 3 is 2.64 bits per heavy atom. The number of ether oxygens (including phenoxy) is 1. The maximum absolute atomic E-state index is 14.7. The predicted octanol–water partition coefficient (Wildman–Crippen LogP) is 5.80. The quantitative estimate of drug-likeness (QED) is 0.326. The maximum atomic E-state index is 14.7. The molecule has 2 aromatic heterocycles. The molecule has 4 aromatic rings. The number of aromatic nitrogens is 1. The third-order valence-electron chi connectivity index (χ3n) is 6.38. The fourth-order valence-electron chi connectivity index (χ4n) is 4.51. The van der Waals surface area contributed by atoms with Crippen molar-refractivity contribution in [2.24, 2.45) is 0 Å². The number of fused-ring (bicyclic) bond motifs is 1. The minimum Gasteiger partial charge on any atom is -0.367 e. The number of hydrogen-bond donors (Lipinski definition) is 1. The SMILES string of the molecule is O=c1[nH]ccc2cc(F)c(CS(=O)(=O)c3ccc(C4CC(OCc5ccccc5)C(F)(F)C4)s3)cc12. The number of halogens is 3. The van der Waals surface area contributed by atoms with E-state index in [0.29, 0.717) is 10.3 Å². The Balaban J connectivity index is 1.32. The average Bonchev–Trinajstić information content (AvgIpc) is 3.44. The van der Waals surface area contributed by atoms with E-state index < -0.39 is 51.3 Å². The highest BCUT2D eigenvalue weighted by Gasteiger charge is 2.50. The number of aromatic amines is 1. The molecule has 2 atom stereocenters. The Bertz CT molecular complexity index is 1570. The summed E-state index contributed by atoms with van der Waals surface area (Å²) in [5.74, 6) is -4.97. The van der Waals surface area contributed by atoms with Crippen molar-refractivity contribution in [3.05, 3.63) is 99.0 Å². The molecule has 5 nitrogen and oxygen atoms in total. The second kappa shape index (κ2) is 9.49. The first-order valence-corrected chi connectivity index (χ1v) is 13.7. The molecule has 2 heterocycles. The molecule has 5 rings (SSSR count). The number of hydrogen-bond acceptors (Lipinski definition) is 5. The molecule has 0 spiro atoms. The molecule has 2 unspecified atom stereocenters. The van der Waals surface area contributed by atoms with Gasteiger partial charge in [0.25, 0.3) is 11.5 Å². The number of sulfone groups is 1. The highest BCUT2D eigenvalue weighted by Crippen LogP contribution is 2.48. The summed E-state index contributed by atoms with van der Waals surface area (Å²) in [5, 5.41) is 0.549. The average molecular weight is 534 g/mol. The number of alkyl halides is 2. The zero-order chi connectivity index (χ0) is 25.5. The monoisotopic (exact) mass is 533 g/mol. The van der Waals surface area contributed by atoms with Crippen molar-refractivity contribution >= 4 is 31.9 Å². The lowest BCUT2D eigenvalue weighted by atomic mass is 10.1. The van der Waals surface area contributed by atoms with Gasteiger partial charge >= 0.3 is 0 Å². The van der Waals surface area contributed by atoms with Gasteiger partial charge in [-0.3, -0.25) is 4.79 Å². The standard InChI is InChI=1S/C26H22F3NO4S2/c27-21-11-17-8-9-30-25(31)20(17)10-19(21)15-36(32,33)24-7-6-22(35-24)18-12-23(26(28,29)13-18)34-14-16-4-2-1-3-5-16/h1-11,18,23H,12-15H2,(H,30,31). The van der Waals surface area contributed by atoms with Gasteiger partial charge < -0.3 is 9.72 Å². The minimum absolute atomic E-state index is 0.0315. The lowest BCUT2D eigenvalue weighted by Crippen LogP contribution is -2.29. The van der Waals surface area contributed by atoms with Crippen LogP contribution in [-0.4, -0.2) is 25.4 Å². The first kappa shape index (κ1) is 24.7. The van der Waals surface area contributed by atoms with Crippen LogP contribution in [0, 0.1) is 5.82 Å². The summed E-state index contributed by atoms with van der Waals surface area (Å²) < 4.78 is 75.5. The topological polar surface area (TPSA) is 76.2 Å². The van der Waals surface area contributed by atoms with Gasteiger partial charge in [-0.1, -0.05) is 30.3 Å². The van der Waals surface area contributed by atoms with Crippen molar-refractivity contribution in [3.63, 3.8) is 0 Å². The van der Waals surface area contributed by atoms with Crippen LogP contribution in [0.4, 0.5) is 13.2 Å². The zero-order valence-electron chi connectivity index (χ0n) is 18.9. The molecule has 0 amide bonds. The van der Waals surface area contributed by atoms with E-state index in [1.54, 1.807) is 18.2 Å². The Morgan fingerprint density at radius 1 is 1.08 bits per heavy atom. The van der Waals surface area contributed by atoms with E-state index in [1.807, 2.05) is 18.2 Å². The molecule has 0 saturated heterocycles. The Morgan fingerprint density at radius 2 is 1.86 bits per heavy atom. The van der Waals surface area contributed by atoms with Crippen LogP contribution in [0.15, 0.2) is 75.9 Å². The van der Waals surface area contributed by atoms with Gasteiger partial charge in [0.15, 0.2) is 9.84 Å². The van der Waals surface area contributed by atoms with Crippen molar-refractivity contribution in [3.8, 4) is 0 Å². The Hall–Kier alpha value is -2.95. The summed E-state index contributed by atoms with van der Waals surface area (Å²) in [6.07, 6.45) is -0.247. The minimum atomic E-state index is -3.97. The largest absolute Gasteiger partial charge is 0.367 e. The number of H-pyrrole nitrogens is 1. The summed E-state index contributed by atoms with van der Waals surface area (Å²) in [5.41, 5.74) is 0.218. The van der Waals surface area contributed by atoms with Crippen LogP contribution in [0.5, 0.6) is 0 Å². The van der Waals surface area contributed by atoms with Gasteiger partial charge in [-0.25, -0.2) is 21.6 Å². The molecule has 1 aliphatic carbocycles. The number of pyridine rings is 1. The molecule has 36 heavy (non-hydrogen) atoms. The molecule has 1 aliphatic rings. The van der Waals surface area contributed by atoms with Gasteiger partial charge in [0.05, 0.1) is 12.4 Å². The zero-order valence-corrected chi connectivity index (χ0v) is 20.6. The van der Waals surface area contributed by atoms with Gasteiger partial charge in [-0.05, 0) is 47.7 Å². The van der Waals surface area contributed by atoms with Crippen molar-refractivity contribution in [1.29, 1.82) is 0 Å². The lowest BCUT2D eigenvalue weighted by molar-refractivity contribution is -0.122. The lowest BCUT2D eigenvalue weighted by Gasteiger charge is -2.19. The smallest absolute Gasteiger partial charge is 0.274 e. The Kier molecular flexibility index (Phi) is 6.52. The molecule has 2 aromatic carbocycles. The summed E-state index contributed by atoms with van der Waals surface area (Å²) in [4.78, 5) is 15.0. The summed E-state index contributed by atoms with van der Waals surface area (Å²) in [6, 6.07) is 15.9. The van der Waals surface area contributed by atoms with Crippen molar-refractivity contribution in [2.75, 3.05) is 0 Å². The fourth-order valence-corrected chi connectivity index (χ4v) is 7.38. The highest BCUT2D eigenvalue weighted by atomic mass is 32.2. The fraction of sp³-hybridized carbons (Fsp3) is 0.269. The molecule has 1 fully saturated rings. The summed E-state index contributed by atoms with van der Waals surface area (Å²) in [7, 11) is -3.97. The van der Waals surface area contributed by atoms with E-state index in [2.05, 4.69) is 4.98 Å². The number of thiophene rings is 1. The molecule has 0 aliphatic heterocycles. The molecule has 1 N–H and O–H groups in total. The van der Waals surface area contributed by atoms with Gasteiger partial charge in [0, 0.05) is 34.4 Å². The van der Waals surface area contributed by atoms with Crippen LogP contribution in [0.25, 0.3) is 10.8 Å².